The topological polar surface area (TPSA) is 106 Å². The summed E-state index contributed by atoms with van der Waals surface area (Å²) in [6, 6.07) is 8.94. The van der Waals surface area contributed by atoms with E-state index in [2.05, 4.69) is 11.6 Å². The van der Waals surface area contributed by atoms with Gasteiger partial charge in [-0.1, -0.05) is 36.1 Å². The molecule has 10 heteroatoms. The van der Waals surface area contributed by atoms with Crippen LogP contribution < -0.4 is 9.64 Å². The Bertz CT molecular complexity index is 1440. The number of carbonyl (C=O) groups excluding carboxylic acids is 3. The van der Waals surface area contributed by atoms with Crippen LogP contribution >= 0.6 is 11.3 Å². The number of hydrogen-bond donors (Lipinski definition) is 1. The van der Waals surface area contributed by atoms with Crippen LogP contribution in [0.15, 0.2) is 60.7 Å². The van der Waals surface area contributed by atoms with Crippen molar-refractivity contribution in [3.8, 4) is 5.75 Å². The highest BCUT2D eigenvalue weighted by atomic mass is 32.1. The summed E-state index contributed by atoms with van der Waals surface area (Å²) < 4.78 is 24.1. The van der Waals surface area contributed by atoms with E-state index in [1.165, 1.54) is 37.5 Å². The maximum absolute atomic E-state index is 13.7. The van der Waals surface area contributed by atoms with E-state index in [1.54, 1.807) is 32.0 Å². The molecule has 0 bridgehead atoms. The second-order valence-electron chi connectivity index (χ2n) is 8.20. The molecule has 0 spiro atoms. The van der Waals surface area contributed by atoms with Gasteiger partial charge in [-0.25, -0.2) is 14.2 Å². The standard InChI is InChI=1S/C27H23FN2O6S/c1-5-12-36-26(34)24-15(3)29-27(37-24)30-21(16-6-9-18(28)10-7-16)20(23(32)25(30)33)22(31)17-8-11-19(35-4)14(2)13-17/h5-11,13,21,31H,1,12H2,2-4H3/b22-20+/t21-/m0/s1. The number of aromatic nitrogens is 1. The quantitative estimate of drug-likeness (QED) is 0.155. The molecule has 3 aromatic rings. The Kier molecular flexibility index (Phi) is 7.21. The molecule has 0 unspecified atom stereocenters. The Labute approximate surface area is 216 Å². The Balaban J connectivity index is 1.88. The van der Waals surface area contributed by atoms with E-state index in [4.69, 9.17) is 9.47 Å². The molecule has 1 amide bonds. The van der Waals surface area contributed by atoms with Gasteiger partial charge < -0.3 is 14.6 Å². The van der Waals surface area contributed by atoms with Gasteiger partial charge in [0.2, 0.25) is 0 Å². The van der Waals surface area contributed by atoms with Crippen molar-refractivity contribution in [2.24, 2.45) is 0 Å². The summed E-state index contributed by atoms with van der Waals surface area (Å²) in [5.74, 6) is -2.86. The van der Waals surface area contributed by atoms with Crippen LogP contribution in [-0.2, 0) is 14.3 Å². The van der Waals surface area contributed by atoms with Crippen LogP contribution in [0.3, 0.4) is 0 Å². The predicted octanol–water partition coefficient (Wildman–Crippen LogP) is 4.88. The van der Waals surface area contributed by atoms with Crippen molar-refractivity contribution >= 4 is 39.9 Å². The number of aliphatic hydroxyl groups is 1. The lowest BCUT2D eigenvalue weighted by molar-refractivity contribution is -0.132. The summed E-state index contributed by atoms with van der Waals surface area (Å²) in [5.41, 5.74) is 1.49. The number of nitrogens with zero attached hydrogens (tertiary/aromatic N) is 2. The van der Waals surface area contributed by atoms with E-state index in [-0.39, 0.29) is 22.2 Å². The molecule has 0 aliphatic carbocycles. The van der Waals surface area contributed by atoms with E-state index in [0.717, 1.165) is 16.2 Å². The number of benzene rings is 2. The monoisotopic (exact) mass is 522 g/mol. The van der Waals surface area contributed by atoms with E-state index in [0.29, 0.717) is 28.1 Å². The summed E-state index contributed by atoms with van der Waals surface area (Å²) in [4.78, 5) is 44.7. The number of aryl methyl sites for hydroxylation is 2. The summed E-state index contributed by atoms with van der Waals surface area (Å²) in [5, 5.41) is 11.3. The van der Waals surface area contributed by atoms with E-state index >= 15 is 0 Å². The van der Waals surface area contributed by atoms with Gasteiger partial charge in [0.05, 0.1) is 24.4 Å². The van der Waals surface area contributed by atoms with Gasteiger partial charge in [-0.3, -0.25) is 14.5 Å². The van der Waals surface area contributed by atoms with Gasteiger partial charge >= 0.3 is 11.9 Å². The van der Waals surface area contributed by atoms with Gasteiger partial charge in [-0.05, 0) is 55.3 Å². The molecule has 1 N–H and O–H groups in total. The highest BCUT2D eigenvalue weighted by Gasteiger charge is 2.48. The minimum Gasteiger partial charge on any atom is -0.507 e. The van der Waals surface area contributed by atoms with Gasteiger partial charge in [0.15, 0.2) is 5.13 Å². The van der Waals surface area contributed by atoms with Crippen LogP contribution in [0.5, 0.6) is 5.75 Å². The number of Topliss-reactive ketones (excluding diaryl/α,β-unsaturated/α-hetero) is 1. The average molecular weight is 523 g/mol. The third-order valence-corrected chi connectivity index (χ3v) is 6.94. The fraction of sp³-hybridized carbons (Fsp3) is 0.185. The van der Waals surface area contributed by atoms with E-state index in [9.17, 15) is 23.9 Å². The van der Waals surface area contributed by atoms with Crippen LogP contribution in [0.2, 0.25) is 0 Å². The number of ether oxygens (including phenoxy) is 2. The van der Waals surface area contributed by atoms with Crippen molar-refractivity contribution in [2.75, 3.05) is 18.6 Å². The fourth-order valence-electron chi connectivity index (χ4n) is 4.05. The maximum atomic E-state index is 13.7. The first-order valence-corrected chi connectivity index (χ1v) is 12.0. The number of rotatable bonds is 7. The van der Waals surface area contributed by atoms with E-state index in [1.807, 2.05) is 0 Å². The summed E-state index contributed by atoms with van der Waals surface area (Å²) >= 11 is 0.878. The van der Waals surface area contributed by atoms with Crippen molar-refractivity contribution < 1.29 is 33.4 Å². The van der Waals surface area contributed by atoms with Gasteiger partial charge in [0, 0.05) is 5.56 Å². The number of thiazole rings is 1. The van der Waals surface area contributed by atoms with Gasteiger partial charge in [-0.2, -0.15) is 0 Å². The van der Waals surface area contributed by atoms with Crippen LogP contribution in [0.25, 0.3) is 5.76 Å². The van der Waals surface area contributed by atoms with Crippen LogP contribution in [0, 0.1) is 19.7 Å². The number of aliphatic hydroxyl groups excluding tert-OH is 1. The Morgan fingerprint density at radius 1 is 1.22 bits per heavy atom. The molecule has 1 atom stereocenters. The number of carbonyl (C=O) groups is 3. The second kappa shape index (κ2) is 10.4. The summed E-state index contributed by atoms with van der Waals surface area (Å²) in [7, 11) is 1.51. The summed E-state index contributed by atoms with van der Waals surface area (Å²) in [6.45, 7) is 6.85. The predicted molar refractivity (Wildman–Crippen MR) is 136 cm³/mol. The number of hydrogen-bond acceptors (Lipinski definition) is 8. The highest BCUT2D eigenvalue weighted by molar-refractivity contribution is 7.17. The van der Waals surface area contributed by atoms with Gasteiger partial charge in [0.25, 0.3) is 5.78 Å². The number of halogens is 1. The van der Waals surface area contributed by atoms with Gasteiger partial charge in [0.1, 0.15) is 28.8 Å². The molecule has 1 aliphatic heterocycles. The molecule has 2 aromatic carbocycles. The smallest absolute Gasteiger partial charge is 0.350 e. The first-order valence-electron chi connectivity index (χ1n) is 11.1. The fourth-order valence-corrected chi connectivity index (χ4v) is 5.03. The molecule has 2 heterocycles. The number of anilines is 1. The minimum atomic E-state index is -1.12. The maximum Gasteiger partial charge on any atom is 0.350 e. The molecule has 1 aromatic heterocycles. The van der Waals surface area contributed by atoms with Crippen molar-refractivity contribution in [1.82, 2.24) is 4.98 Å². The molecular formula is C27H23FN2O6S. The lowest BCUT2D eigenvalue weighted by Gasteiger charge is -2.23. The molecule has 1 fully saturated rings. The second-order valence-corrected chi connectivity index (χ2v) is 9.18. The SMILES string of the molecule is C=CCOC(=O)c1sc(N2C(=O)C(=O)/C(=C(/O)c3ccc(OC)c(C)c3)[C@@H]2c2ccc(F)cc2)nc1C. The molecule has 190 valence electrons. The normalized spacial score (nSPS) is 16.6. The minimum absolute atomic E-state index is 0.00707. The lowest BCUT2D eigenvalue weighted by Crippen LogP contribution is -2.29. The highest BCUT2D eigenvalue weighted by Crippen LogP contribution is 2.44. The first-order chi connectivity index (χ1) is 17.7. The number of amides is 1. The Morgan fingerprint density at radius 2 is 1.92 bits per heavy atom. The third-order valence-electron chi connectivity index (χ3n) is 5.81. The van der Waals surface area contributed by atoms with Crippen molar-refractivity contribution in [2.45, 2.75) is 19.9 Å². The molecule has 4 rings (SSSR count). The molecule has 1 saturated heterocycles. The third kappa shape index (κ3) is 4.75. The zero-order valence-corrected chi connectivity index (χ0v) is 21.1. The number of methoxy groups -OCH3 is 1. The van der Waals surface area contributed by atoms with Crippen LogP contribution in [0.1, 0.15) is 38.1 Å². The molecule has 0 radical (unpaired) electrons. The molecular weight excluding hydrogens is 499 g/mol. The molecule has 37 heavy (non-hydrogen) atoms. The molecule has 0 saturated carbocycles. The molecule has 1 aliphatic rings. The lowest BCUT2D eigenvalue weighted by atomic mass is 9.95. The molecule has 8 nitrogen and oxygen atoms in total. The van der Waals surface area contributed by atoms with Crippen LogP contribution in [0.4, 0.5) is 9.52 Å². The number of ketones is 1. The number of esters is 1. The van der Waals surface area contributed by atoms with Crippen molar-refractivity contribution in [3.63, 3.8) is 0 Å². The van der Waals surface area contributed by atoms with E-state index < -0.39 is 35.3 Å². The van der Waals surface area contributed by atoms with Gasteiger partial charge in [-0.15, -0.1) is 0 Å². The van der Waals surface area contributed by atoms with Crippen LogP contribution in [-0.4, -0.2) is 41.5 Å². The zero-order valence-electron chi connectivity index (χ0n) is 20.3. The average Bonchev–Trinajstić information content (AvgIpc) is 3.39. The first kappa shape index (κ1) is 25.8. The van der Waals surface area contributed by atoms with Crippen molar-refractivity contribution in [1.29, 1.82) is 0 Å². The Morgan fingerprint density at radius 3 is 2.54 bits per heavy atom. The zero-order chi connectivity index (χ0) is 26.9. The Hall–Kier alpha value is -4.31. The largest absolute Gasteiger partial charge is 0.507 e. The summed E-state index contributed by atoms with van der Waals surface area (Å²) in [6.07, 6.45) is 1.42. The van der Waals surface area contributed by atoms with Crippen molar-refractivity contribution in [3.05, 3.63) is 93.8 Å².